The van der Waals surface area contributed by atoms with Crippen molar-refractivity contribution >= 4 is 28.2 Å². The van der Waals surface area contributed by atoms with E-state index in [4.69, 9.17) is 14.2 Å². The number of carbonyl (C=O) groups is 1. The molecule has 8 heteroatoms. The molecule has 0 radical (unpaired) electrons. The molecule has 28 heavy (non-hydrogen) atoms. The number of aryl methyl sites for hydroxylation is 1. The molecule has 0 aliphatic heterocycles. The van der Waals surface area contributed by atoms with Crippen LogP contribution in [0.15, 0.2) is 41.8 Å². The summed E-state index contributed by atoms with van der Waals surface area (Å²) in [5.41, 5.74) is 3.26. The molecule has 7 nitrogen and oxygen atoms in total. The third-order valence-electron chi connectivity index (χ3n) is 4.07. The Labute approximate surface area is 167 Å². The summed E-state index contributed by atoms with van der Waals surface area (Å²) in [5, 5.41) is 7.88. The van der Waals surface area contributed by atoms with Crippen LogP contribution < -0.4 is 24.8 Å². The summed E-state index contributed by atoms with van der Waals surface area (Å²) in [7, 11) is 4.70. The highest BCUT2D eigenvalue weighted by Crippen LogP contribution is 2.35. The molecule has 146 valence electrons. The van der Waals surface area contributed by atoms with E-state index in [-0.39, 0.29) is 0 Å². The van der Waals surface area contributed by atoms with Crippen molar-refractivity contribution in [3.63, 3.8) is 0 Å². The molecule has 0 aliphatic rings. The Kier molecular flexibility index (Phi) is 6.00. The minimum absolute atomic E-state index is 0.418. The number of urea groups is 1. The SMILES string of the molecule is COc1ccc(-c2csc(NC(=O)Nc3cccc(OC)c3OC)n2)cc1C. The lowest BCUT2D eigenvalue weighted by molar-refractivity contribution is 0.262. The molecule has 3 rings (SSSR count). The maximum Gasteiger partial charge on any atom is 0.325 e. The third-order valence-corrected chi connectivity index (χ3v) is 4.82. The summed E-state index contributed by atoms with van der Waals surface area (Å²) in [6, 6.07) is 10.7. The van der Waals surface area contributed by atoms with Crippen LogP contribution in [0.2, 0.25) is 0 Å². The number of carbonyl (C=O) groups excluding carboxylic acids is 1. The fraction of sp³-hybridized carbons (Fsp3) is 0.200. The van der Waals surface area contributed by atoms with E-state index in [9.17, 15) is 4.79 Å². The molecule has 0 unspecified atom stereocenters. The van der Waals surface area contributed by atoms with Crippen LogP contribution in [0.4, 0.5) is 15.6 Å². The maximum atomic E-state index is 12.4. The van der Waals surface area contributed by atoms with Crippen LogP contribution in [-0.4, -0.2) is 32.3 Å². The quantitative estimate of drug-likeness (QED) is 0.623. The molecule has 0 aliphatic carbocycles. The number of hydrogen-bond acceptors (Lipinski definition) is 6. The number of rotatable bonds is 6. The van der Waals surface area contributed by atoms with Gasteiger partial charge in [-0.3, -0.25) is 5.32 Å². The second kappa shape index (κ2) is 8.62. The zero-order valence-corrected chi connectivity index (χ0v) is 16.8. The van der Waals surface area contributed by atoms with E-state index < -0.39 is 6.03 Å². The largest absolute Gasteiger partial charge is 0.496 e. The van der Waals surface area contributed by atoms with E-state index in [1.54, 1.807) is 32.4 Å². The normalized spacial score (nSPS) is 10.3. The molecule has 1 heterocycles. The second-order valence-corrected chi connectivity index (χ2v) is 6.70. The van der Waals surface area contributed by atoms with Crippen molar-refractivity contribution < 1.29 is 19.0 Å². The third kappa shape index (κ3) is 4.17. The van der Waals surface area contributed by atoms with Gasteiger partial charge in [-0.2, -0.15) is 0 Å². The standard InChI is InChI=1S/C20H21N3O4S/c1-12-10-13(8-9-16(12)25-2)15-11-28-20(22-15)23-19(24)21-14-6-5-7-17(26-3)18(14)27-4/h5-11H,1-4H3,(H2,21,22,23,24). The van der Waals surface area contributed by atoms with E-state index in [0.29, 0.717) is 22.3 Å². The van der Waals surface area contributed by atoms with E-state index in [1.165, 1.54) is 18.4 Å². The highest BCUT2D eigenvalue weighted by atomic mass is 32.1. The molecule has 0 saturated heterocycles. The van der Waals surface area contributed by atoms with Crippen LogP contribution >= 0.6 is 11.3 Å². The van der Waals surface area contributed by atoms with Gasteiger partial charge in [0.05, 0.1) is 32.7 Å². The minimum Gasteiger partial charge on any atom is -0.496 e. The van der Waals surface area contributed by atoms with Gasteiger partial charge in [-0.15, -0.1) is 11.3 Å². The minimum atomic E-state index is -0.418. The van der Waals surface area contributed by atoms with Crippen LogP contribution in [0, 0.1) is 6.92 Å². The lowest BCUT2D eigenvalue weighted by Gasteiger charge is -2.13. The number of methoxy groups -OCH3 is 3. The van der Waals surface area contributed by atoms with Crippen molar-refractivity contribution in [3.8, 4) is 28.5 Å². The van der Waals surface area contributed by atoms with Gasteiger partial charge in [-0.05, 0) is 42.8 Å². The van der Waals surface area contributed by atoms with Gasteiger partial charge >= 0.3 is 6.03 Å². The monoisotopic (exact) mass is 399 g/mol. The lowest BCUT2D eigenvalue weighted by atomic mass is 10.1. The van der Waals surface area contributed by atoms with Crippen molar-refractivity contribution in [2.24, 2.45) is 0 Å². The van der Waals surface area contributed by atoms with Crippen LogP contribution in [0.5, 0.6) is 17.2 Å². The summed E-state index contributed by atoms with van der Waals surface area (Å²) in [5.74, 6) is 1.81. The Balaban J connectivity index is 1.72. The van der Waals surface area contributed by atoms with Gasteiger partial charge in [0.2, 0.25) is 0 Å². The Morgan fingerprint density at radius 3 is 2.46 bits per heavy atom. The average Bonchev–Trinajstić information content (AvgIpc) is 3.15. The van der Waals surface area contributed by atoms with Crippen LogP contribution in [-0.2, 0) is 0 Å². The number of ether oxygens (including phenoxy) is 3. The molecule has 0 atom stereocenters. The highest BCUT2D eigenvalue weighted by Gasteiger charge is 2.14. The number of amides is 2. The first kappa shape index (κ1) is 19.5. The Bertz CT molecular complexity index is 987. The summed E-state index contributed by atoms with van der Waals surface area (Å²) in [6.45, 7) is 1.98. The van der Waals surface area contributed by atoms with Gasteiger partial charge in [0.25, 0.3) is 0 Å². The van der Waals surface area contributed by atoms with Gasteiger partial charge < -0.3 is 19.5 Å². The summed E-state index contributed by atoms with van der Waals surface area (Å²) in [6.07, 6.45) is 0. The fourth-order valence-corrected chi connectivity index (χ4v) is 3.45. The molecule has 1 aromatic heterocycles. The van der Waals surface area contributed by atoms with Crippen molar-refractivity contribution in [3.05, 3.63) is 47.3 Å². The molecule has 0 bridgehead atoms. The van der Waals surface area contributed by atoms with E-state index in [2.05, 4.69) is 15.6 Å². The van der Waals surface area contributed by atoms with Crippen molar-refractivity contribution in [1.29, 1.82) is 0 Å². The summed E-state index contributed by atoms with van der Waals surface area (Å²) >= 11 is 1.35. The van der Waals surface area contributed by atoms with Crippen LogP contribution in [0.25, 0.3) is 11.3 Å². The highest BCUT2D eigenvalue weighted by molar-refractivity contribution is 7.14. The van der Waals surface area contributed by atoms with E-state index in [1.807, 2.05) is 30.5 Å². The first-order chi connectivity index (χ1) is 13.5. The zero-order chi connectivity index (χ0) is 20.1. The Morgan fingerprint density at radius 1 is 1.00 bits per heavy atom. The van der Waals surface area contributed by atoms with Crippen molar-refractivity contribution in [2.45, 2.75) is 6.92 Å². The van der Waals surface area contributed by atoms with Crippen LogP contribution in [0.3, 0.4) is 0 Å². The number of thiazole rings is 1. The van der Waals surface area contributed by atoms with Gasteiger partial charge in [-0.1, -0.05) is 6.07 Å². The predicted octanol–water partition coefficient (Wildman–Crippen LogP) is 4.79. The number of nitrogens with one attached hydrogen (secondary N) is 2. The first-order valence-electron chi connectivity index (χ1n) is 8.45. The van der Waals surface area contributed by atoms with Crippen LogP contribution in [0.1, 0.15) is 5.56 Å². The molecular formula is C20H21N3O4S. The number of nitrogens with zero attached hydrogens (tertiary/aromatic N) is 1. The Morgan fingerprint density at radius 2 is 1.79 bits per heavy atom. The van der Waals surface area contributed by atoms with Gasteiger partial charge in [0.1, 0.15) is 5.75 Å². The predicted molar refractivity (Wildman–Crippen MR) is 111 cm³/mol. The topological polar surface area (TPSA) is 81.7 Å². The second-order valence-electron chi connectivity index (χ2n) is 5.84. The number of anilines is 2. The molecule has 0 fully saturated rings. The molecular weight excluding hydrogens is 378 g/mol. The van der Waals surface area contributed by atoms with Crippen molar-refractivity contribution in [2.75, 3.05) is 32.0 Å². The van der Waals surface area contributed by atoms with Gasteiger partial charge in [-0.25, -0.2) is 9.78 Å². The molecule has 2 N–H and O–H groups in total. The summed E-state index contributed by atoms with van der Waals surface area (Å²) in [4.78, 5) is 16.8. The maximum absolute atomic E-state index is 12.4. The van der Waals surface area contributed by atoms with Crippen molar-refractivity contribution in [1.82, 2.24) is 4.98 Å². The van der Waals surface area contributed by atoms with E-state index in [0.717, 1.165) is 22.6 Å². The lowest BCUT2D eigenvalue weighted by Crippen LogP contribution is -2.19. The van der Waals surface area contributed by atoms with Gasteiger partial charge in [0.15, 0.2) is 16.6 Å². The summed E-state index contributed by atoms with van der Waals surface area (Å²) < 4.78 is 15.8. The number of aromatic nitrogens is 1. The molecule has 3 aromatic rings. The molecule has 2 aromatic carbocycles. The number of para-hydroxylation sites is 1. The van der Waals surface area contributed by atoms with E-state index >= 15 is 0 Å². The number of hydrogen-bond donors (Lipinski definition) is 2. The fourth-order valence-electron chi connectivity index (χ4n) is 2.74. The molecule has 2 amide bonds. The Hall–Kier alpha value is -3.26. The molecule has 0 saturated carbocycles. The smallest absolute Gasteiger partial charge is 0.325 e. The first-order valence-corrected chi connectivity index (χ1v) is 9.33. The average molecular weight is 399 g/mol. The molecule has 0 spiro atoms. The van der Waals surface area contributed by atoms with Gasteiger partial charge in [0, 0.05) is 10.9 Å². The number of benzene rings is 2. The zero-order valence-electron chi connectivity index (χ0n) is 16.0.